The SMILES string of the molecule is CC(C)(C)c1ncc(C(=O)NCC(C)(O)c2ccco2)s1. The van der Waals surface area contributed by atoms with E-state index in [4.69, 9.17) is 4.42 Å². The number of hydrogen-bond donors (Lipinski definition) is 2. The van der Waals surface area contributed by atoms with Crippen molar-refractivity contribution >= 4 is 17.2 Å². The highest BCUT2D eigenvalue weighted by molar-refractivity contribution is 7.13. The molecule has 2 heterocycles. The Bertz CT molecular complexity index is 609. The van der Waals surface area contributed by atoms with Gasteiger partial charge in [-0.05, 0) is 19.1 Å². The average molecular weight is 308 g/mol. The monoisotopic (exact) mass is 308 g/mol. The van der Waals surface area contributed by atoms with Gasteiger partial charge in [0.05, 0.1) is 24.0 Å². The highest BCUT2D eigenvalue weighted by atomic mass is 32.1. The summed E-state index contributed by atoms with van der Waals surface area (Å²) in [6.45, 7) is 7.82. The lowest BCUT2D eigenvalue weighted by Crippen LogP contribution is -2.38. The van der Waals surface area contributed by atoms with Gasteiger partial charge in [0.15, 0.2) is 0 Å². The van der Waals surface area contributed by atoms with Crippen molar-refractivity contribution in [1.29, 1.82) is 0 Å². The first-order valence-corrected chi connectivity index (χ1v) is 7.53. The summed E-state index contributed by atoms with van der Waals surface area (Å²) in [5.74, 6) is 0.178. The minimum absolute atomic E-state index is 0.0715. The van der Waals surface area contributed by atoms with E-state index in [0.717, 1.165) is 5.01 Å². The third-order valence-electron chi connectivity index (χ3n) is 3.02. The summed E-state index contributed by atoms with van der Waals surface area (Å²) < 4.78 is 5.17. The molecule has 0 fully saturated rings. The summed E-state index contributed by atoms with van der Waals surface area (Å²) in [5.41, 5.74) is -1.32. The topological polar surface area (TPSA) is 75.4 Å². The van der Waals surface area contributed by atoms with E-state index in [-0.39, 0.29) is 17.9 Å². The Kier molecular flexibility index (Phi) is 4.20. The van der Waals surface area contributed by atoms with E-state index in [1.165, 1.54) is 17.6 Å². The van der Waals surface area contributed by atoms with Crippen molar-refractivity contribution in [2.45, 2.75) is 38.7 Å². The number of carbonyl (C=O) groups is 1. The maximum absolute atomic E-state index is 12.1. The van der Waals surface area contributed by atoms with E-state index in [9.17, 15) is 9.90 Å². The van der Waals surface area contributed by atoms with E-state index in [2.05, 4.69) is 31.1 Å². The van der Waals surface area contributed by atoms with Gasteiger partial charge in [-0.2, -0.15) is 0 Å². The quantitative estimate of drug-likeness (QED) is 0.910. The molecule has 2 aromatic rings. The molecule has 0 aliphatic carbocycles. The largest absolute Gasteiger partial charge is 0.466 e. The Labute approximate surface area is 128 Å². The van der Waals surface area contributed by atoms with Crippen molar-refractivity contribution in [3.8, 4) is 0 Å². The molecule has 5 nitrogen and oxygen atoms in total. The second-order valence-corrected chi connectivity index (χ2v) is 7.24. The van der Waals surface area contributed by atoms with Gasteiger partial charge in [0, 0.05) is 5.41 Å². The maximum atomic E-state index is 12.1. The normalized spacial score (nSPS) is 14.7. The molecule has 0 saturated heterocycles. The molecule has 0 aliphatic heterocycles. The molecule has 1 amide bonds. The second kappa shape index (κ2) is 5.61. The van der Waals surface area contributed by atoms with Gasteiger partial charge < -0.3 is 14.8 Å². The number of thiazole rings is 1. The van der Waals surface area contributed by atoms with E-state index in [0.29, 0.717) is 10.6 Å². The fraction of sp³-hybridized carbons (Fsp3) is 0.467. The number of amides is 1. The Balaban J connectivity index is 2.01. The zero-order chi connectivity index (χ0) is 15.7. The summed E-state index contributed by atoms with van der Waals surface area (Å²) in [6.07, 6.45) is 3.06. The van der Waals surface area contributed by atoms with Gasteiger partial charge in [-0.3, -0.25) is 4.79 Å². The maximum Gasteiger partial charge on any atom is 0.263 e. The van der Waals surface area contributed by atoms with Crippen LogP contribution >= 0.6 is 11.3 Å². The summed E-state index contributed by atoms with van der Waals surface area (Å²) in [5, 5.41) is 13.9. The summed E-state index contributed by atoms with van der Waals surface area (Å²) >= 11 is 1.37. The van der Waals surface area contributed by atoms with Crippen LogP contribution in [0.25, 0.3) is 0 Å². The van der Waals surface area contributed by atoms with Crippen LogP contribution in [-0.2, 0) is 11.0 Å². The van der Waals surface area contributed by atoms with Crippen LogP contribution in [0.2, 0.25) is 0 Å². The van der Waals surface area contributed by atoms with Crippen LogP contribution in [0.15, 0.2) is 29.0 Å². The molecule has 0 saturated carbocycles. The van der Waals surface area contributed by atoms with Crippen molar-refractivity contribution in [3.63, 3.8) is 0 Å². The van der Waals surface area contributed by atoms with Crippen molar-refractivity contribution in [1.82, 2.24) is 10.3 Å². The summed E-state index contributed by atoms with van der Waals surface area (Å²) in [6, 6.07) is 3.38. The Morgan fingerprint density at radius 2 is 2.14 bits per heavy atom. The molecule has 2 rings (SSSR count). The van der Waals surface area contributed by atoms with E-state index >= 15 is 0 Å². The van der Waals surface area contributed by atoms with Crippen LogP contribution in [0.1, 0.15) is 48.1 Å². The van der Waals surface area contributed by atoms with Gasteiger partial charge in [0.2, 0.25) is 0 Å². The second-order valence-electron chi connectivity index (χ2n) is 6.21. The van der Waals surface area contributed by atoms with Crippen molar-refractivity contribution in [2.75, 3.05) is 6.54 Å². The lowest BCUT2D eigenvalue weighted by Gasteiger charge is -2.20. The first-order valence-electron chi connectivity index (χ1n) is 6.71. The van der Waals surface area contributed by atoms with Crippen LogP contribution in [-0.4, -0.2) is 22.5 Å². The van der Waals surface area contributed by atoms with Crippen molar-refractivity contribution < 1.29 is 14.3 Å². The molecule has 0 aliphatic rings. The molecule has 2 N–H and O–H groups in total. The van der Waals surface area contributed by atoms with Crippen LogP contribution in [0.5, 0.6) is 0 Å². The molecular weight excluding hydrogens is 288 g/mol. The Morgan fingerprint density at radius 1 is 1.43 bits per heavy atom. The number of hydrogen-bond acceptors (Lipinski definition) is 5. The van der Waals surface area contributed by atoms with Gasteiger partial charge in [-0.15, -0.1) is 11.3 Å². The van der Waals surface area contributed by atoms with Crippen LogP contribution < -0.4 is 5.32 Å². The third kappa shape index (κ3) is 3.71. The lowest BCUT2D eigenvalue weighted by molar-refractivity contribution is 0.0331. The molecular formula is C15H20N2O3S. The highest BCUT2D eigenvalue weighted by Gasteiger charge is 2.27. The zero-order valence-electron chi connectivity index (χ0n) is 12.6. The number of furan rings is 1. The molecule has 21 heavy (non-hydrogen) atoms. The molecule has 114 valence electrons. The number of nitrogens with one attached hydrogen (secondary N) is 1. The highest BCUT2D eigenvalue weighted by Crippen LogP contribution is 2.27. The lowest BCUT2D eigenvalue weighted by atomic mass is 9.98. The third-order valence-corrected chi connectivity index (χ3v) is 4.44. The standard InChI is InChI=1S/C15H20N2O3S/c1-14(2,3)13-16-8-10(21-13)12(18)17-9-15(4,19)11-6-5-7-20-11/h5-8,19H,9H2,1-4H3,(H,17,18). The first-order chi connectivity index (χ1) is 9.70. The molecule has 6 heteroatoms. The van der Waals surface area contributed by atoms with Gasteiger partial charge in [-0.25, -0.2) is 4.98 Å². The van der Waals surface area contributed by atoms with Gasteiger partial charge in [0.1, 0.15) is 16.2 Å². The molecule has 0 radical (unpaired) electrons. The van der Waals surface area contributed by atoms with Crippen molar-refractivity contribution in [2.24, 2.45) is 0 Å². The molecule has 0 aromatic carbocycles. The van der Waals surface area contributed by atoms with Crippen LogP contribution in [0, 0.1) is 0 Å². The molecule has 1 atom stereocenters. The van der Waals surface area contributed by atoms with Crippen LogP contribution in [0.3, 0.4) is 0 Å². The van der Waals surface area contributed by atoms with Crippen molar-refractivity contribution in [3.05, 3.63) is 40.2 Å². The van der Waals surface area contributed by atoms with Crippen LogP contribution in [0.4, 0.5) is 0 Å². The Hall–Kier alpha value is -1.66. The minimum Gasteiger partial charge on any atom is -0.466 e. The number of rotatable bonds is 4. The minimum atomic E-state index is -1.24. The van der Waals surface area contributed by atoms with E-state index in [1.54, 1.807) is 25.3 Å². The van der Waals surface area contributed by atoms with Gasteiger partial charge in [-0.1, -0.05) is 20.8 Å². The molecule has 0 bridgehead atoms. The van der Waals surface area contributed by atoms with Gasteiger partial charge >= 0.3 is 0 Å². The summed E-state index contributed by atoms with van der Waals surface area (Å²) in [4.78, 5) is 16.9. The number of carbonyl (C=O) groups excluding carboxylic acids is 1. The number of nitrogens with zero attached hydrogens (tertiary/aromatic N) is 1. The predicted molar refractivity (Wildman–Crippen MR) is 81.4 cm³/mol. The van der Waals surface area contributed by atoms with E-state index < -0.39 is 5.60 Å². The fourth-order valence-electron chi connectivity index (χ4n) is 1.74. The molecule has 1 unspecified atom stereocenters. The van der Waals surface area contributed by atoms with Gasteiger partial charge in [0.25, 0.3) is 5.91 Å². The molecule has 0 spiro atoms. The molecule has 2 aromatic heterocycles. The Morgan fingerprint density at radius 3 is 2.67 bits per heavy atom. The summed E-state index contributed by atoms with van der Waals surface area (Å²) in [7, 11) is 0. The smallest absolute Gasteiger partial charge is 0.263 e. The van der Waals surface area contributed by atoms with E-state index in [1.807, 2.05) is 0 Å². The first kappa shape index (κ1) is 15.7. The number of aromatic nitrogens is 1. The average Bonchev–Trinajstić information content (AvgIpc) is 3.05. The fourth-order valence-corrected chi connectivity index (χ4v) is 2.63. The predicted octanol–water partition coefficient (Wildman–Crippen LogP) is 2.67. The zero-order valence-corrected chi connectivity index (χ0v) is 13.5. The number of aliphatic hydroxyl groups is 1.